The number of aliphatic imine (C=N–C) groups is 1. The fourth-order valence-corrected chi connectivity index (χ4v) is 3.91. The number of nitrogens with one attached hydrogen (secondary N) is 2. The number of guanidine groups is 1. The zero-order chi connectivity index (χ0) is 19.8. The molecule has 0 bridgehead atoms. The minimum absolute atomic E-state index is 0. The minimum atomic E-state index is 0. The van der Waals surface area contributed by atoms with Crippen molar-refractivity contribution in [1.29, 1.82) is 0 Å². The number of hydrogen-bond acceptors (Lipinski definition) is 4. The first-order valence-corrected chi connectivity index (χ1v) is 10.6. The summed E-state index contributed by atoms with van der Waals surface area (Å²) in [4.78, 5) is 20.3. The van der Waals surface area contributed by atoms with Crippen LogP contribution in [0.15, 0.2) is 40.7 Å². The highest BCUT2D eigenvalue weighted by molar-refractivity contribution is 14.0. The van der Waals surface area contributed by atoms with Gasteiger partial charge in [0, 0.05) is 24.5 Å². The van der Waals surface area contributed by atoms with E-state index >= 15 is 0 Å². The maximum atomic E-state index is 12.5. The molecular formula is C21H29IN4O2S. The number of benzene rings is 1. The standard InChI is InChI=1S/C21H28N4O2S.HI/c1-3-22-21(23-10-12-27-18-6-4-16(2)5-7-18)24-14-20(26)25-11-8-19-17(15-25)9-13-28-19;/h4-7,9,13H,3,8,10-12,14-15H2,1-2H3,(H2,22,23,24);1H. The van der Waals surface area contributed by atoms with Crippen LogP contribution in [0.1, 0.15) is 22.9 Å². The quantitative estimate of drug-likeness (QED) is 0.251. The maximum absolute atomic E-state index is 12.5. The number of ether oxygens (including phenoxy) is 1. The van der Waals surface area contributed by atoms with Gasteiger partial charge in [-0.1, -0.05) is 17.7 Å². The molecule has 2 aromatic rings. The molecule has 0 atom stereocenters. The molecule has 158 valence electrons. The van der Waals surface area contributed by atoms with E-state index in [0.717, 1.165) is 25.3 Å². The van der Waals surface area contributed by atoms with Crippen molar-refractivity contribution in [2.24, 2.45) is 4.99 Å². The number of carbonyl (C=O) groups is 1. The fraction of sp³-hybridized carbons (Fsp3) is 0.429. The number of rotatable bonds is 7. The van der Waals surface area contributed by atoms with Crippen LogP contribution in [0, 0.1) is 6.92 Å². The summed E-state index contributed by atoms with van der Waals surface area (Å²) in [5, 5.41) is 8.49. The summed E-state index contributed by atoms with van der Waals surface area (Å²) in [5.41, 5.74) is 2.48. The molecule has 0 fully saturated rings. The first-order chi connectivity index (χ1) is 13.7. The van der Waals surface area contributed by atoms with Crippen molar-refractivity contribution in [3.63, 3.8) is 0 Å². The Labute approximate surface area is 193 Å². The van der Waals surface area contributed by atoms with Crippen molar-refractivity contribution >= 4 is 47.2 Å². The van der Waals surface area contributed by atoms with E-state index in [4.69, 9.17) is 4.74 Å². The van der Waals surface area contributed by atoms with Crippen LogP contribution in [0.25, 0.3) is 0 Å². The SMILES string of the molecule is CCNC(=NCC(=O)N1CCc2sccc2C1)NCCOc1ccc(C)cc1.I. The van der Waals surface area contributed by atoms with Gasteiger partial charge in [-0.15, -0.1) is 35.3 Å². The van der Waals surface area contributed by atoms with Crippen LogP contribution < -0.4 is 15.4 Å². The number of fused-ring (bicyclic) bond motifs is 1. The van der Waals surface area contributed by atoms with Crippen LogP contribution in [-0.2, 0) is 17.8 Å². The molecule has 0 radical (unpaired) electrons. The van der Waals surface area contributed by atoms with E-state index in [2.05, 4.69) is 34.0 Å². The van der Waals surface area contributed by atoms with Crippen LogP contribution in [0.4, 0.5) is 0 Å². The molecule has 1 amide bonds. The summed E-state index contributed by atoms with van der Waals surface area (Å²) in [6.45, 7) is 7.54. The fourth-order valence-electron chi connectivity index (χ4n) is 3.02. The molecule has 1 aromatic heterocycles. The Morgan fingerprint density at radius 3 is 2.79 bits per heavy atom. The number of hydrogen-bond donors (Lipinski definition) is 2. The minimum Gasteiger partial charge on any atom is -0.492 e. The highest BCUT2D eigenvalue weighted by Gasteiger charge is 2.21. The molecule has 3 rings (SSSR count). The predicted octanol–water partition coefficient (Wildman–Crippen LogP) is 3.19. The molecule has 0 saturated heterocycles. The van der Waals surface area contributed by atoms with Crippen molar-refractivity contribution in [1.82, 2.24) is 15.5 Å². The predicted molar refractivity (Wildman–Crippen MR) is 130 cm³/mol. The maximum Gasteiger partial charge on any atom is 0.244 e. The lowest BCUT2D eigenvalue weighted by Gasteiger charge is -2.26. The number of halogens is 1. The molecule has 2 N–H and O–H groups in total. The lowest BCUT2D eigenvalue weighted by atomic mass is 10.1. The Kier molecular flexibility index (Phi) is 9.72. The van der Waals surface area contributed by atoms with E-state index in [1.165, 1.54) is 16.0 Å². The largest absolute Gasteiger partial charge is 0.492 e. The van der Waals surface area contributed by atoms with Gasteiger partial charge in [0.05, 0.1) is 6.54 Å². The monoisotopic (exact) mass is 528 g/mol. The second kappa shape index (κ2) is 12.0. The molecule has 1 aliphatic heterocycles. The number of nitrogens with zero attached hydrogens (tertiary/aromatic N) is 2. The first-order valence-electron chi connectivity index (χ1n) is 9.70. The number of carbonyl (C=O) groups excluding carboxylic acids is 1. The molecular weight excluding hydrogens is 499 g/mol. The second-order valence-corrected chi connectivity index (χ2v) is 7.72. The lowest BCUT2D eigenvalue weighted by Crippen LogP contribution is -2.41. The van der Waals surface area contributed by atoms with E-state index in [-0.39, 0.29) is 36.4 Å². The summed E-state index contributed by atoms with van der Waals surface area (Å²) in [7, 11) is 0. The Balaban J connectivity index is 0.00000300. The molecule has 2 heterocycles. The van der Waals surface area contributed by atoms with Crippen molar-refractivity contribution in [3.8, 4) is 5.75 Å². The van der Waals surface area contributed by atoms with Gasteiger partial charge >= 0.3 is 0 Å². The summed E-state index contributed by atoms with van der Waals surface area (Å²) < 4.78 is 5.72. The third-order valence-electron chi connectivity index (χ3n) is 4.56. The van der Waals surface area contributed by atoms with Gasteiger partial charge in [0.2, 0.25) is 5.91 Å². The van der Waals surface area contributed by atoms with Gasteiger partial charge in [-0.3, -0.25) is 4.79 Å². The molecule has 29 heavy (non-hydrogen) atoms. The average Bonchev–Trinajstić information content (AvgIpc) is 3.18. The Hall–Kier alpha value is -1.81. The summed E-state index contributed by atoms with van der Waals surface area (Å²) >= 11 is 1.78. The van der Waals surface area contributed by atoms with Gasteiger partial charge in [-0.05, 0) is 49.4 Å². The van der Waals surface area contributed by atoms with E-state index in [0.29, 0.717) is 25.7 Å². The molecule has 1 aromatic carbocycles. The van der Waals surface area contributed by atoms with Crippen LogP contribution in [-0.4, -0.2) is 49.6 Å². The van der Waals surface area contributed by atoms with Gasteiger partial charge in [0.1, 0.15) is 18.9 Å². The summed E-state index contributed by atoms with van der Waals surface area (Å²) in [5.74, 6) is 1.55. The number of thiophene rings is 1. The third-order valence-corrected chi connectivity index (χ3v) is 5.58. The van der Waals surface area contributed by atoms with Crippen molar-refractivity contribution < 1.29 is 9.53 Å². The molecule has 0 aliphatic carbocycles. The zero-order valence-electron chi connectivity index (χ0n) is 16.9. The topological polar surface area (TPSA) is 66.0 Å². The summed E-state index contributed by atoms with van der Waals surface area (Å²) in [6, 6.07) is 10.1. The van der Waals surface area contributed by atoms with Crippen molar-refractivity contribution in [2.75, 3.05) is 32.8 Å². The van der Waals surface area contributed by atoms with Gasteiger partial charge < -0.3 is 20.3 Å². The molecule has 1 aliphatic rings. The van der Waals surface area contributed by atoms with Gasteiger partial charge in [0.15, 0.2) is 5.96 Å². The van der Waals surface area contributed by atoms with E-state index in [1.807, 2.05) is 36.1 Å². The Morgan fingerprint density at radius 2 is 2.03 bits per heavy atom. The normalized spacial score (nSPS) is 13.3. The second-order valence-electron chi connectivity index (χ2n) is 6.72. The van der Waals surface area contributed by atoms with E-state index < -0.39 is 0 Å². The molecule has 0 saturated carbocycles. The van der Waals surface area contributed by atoms with Crippen LogP contribution in [0.5, 0.6) is 5.75 Å². The molecule has 0 spiro atoms. The van der Waals surface area contributed by atoms with Gasteiger partial charge in [-0.2, -0.15) is 0 Å². The lowest BCUT2D eigenvalue weighted by molar-refractivity contribution is -0.130. The van der Waals surface area contributed by atoms with Gasteiger partial charge in [0.25, 0.3) is 0 Å². The highest BCUT2D eigenvalue weighted by Crippen LogP contribution is 2.23. The third kappa shape index (κ3) is 7.18. The number of aryl methyl sites for hydroxylation is 1. The highest BCUT2D eigenvalue weighted by atomic mass is 127. The smallest absolute Gasteiger partial charge is 0.244 e. The van der Waals surface area contributed by atoms with E-state index in [9.17, 15) is 4.79 Å². The van der Waals surface area contributed by atoms with Crippen LogP contribution >= 0.6 is 35.3 Å². The van der Waals surface area contributed by atoms with Gasteiger partial charge in [-0.25, -0.2) is 4.99 Å². The van der Waals surface area contributed by atoms with Crippen LogP contribution in [0.2, 0.25) is 0 Å². The summed E-state index contributed by atoms with van der Waals surface area (Å²) in [6.07, 6.45) is 0.942. The average molecular weight is 528 g/mol. The van der Waals surface area contributed by atoms with Crippen LogP contribution in [0.3, 0.4) is 0 Å². The number of amides is 1. The van der Waals surface area contributed by atoms with Crippen molar-refractivity contribution in [2.45, 2.75) is 26.8 Å². The van der Waals surface area contributed by atoms with E-state index in [1.54, 1.807) is 11.3 Å². The Morgan fingerprint density at radius 1 is 1.24 bits per heavy atom. The zero-order valence-corrected chi connectivity index (χ0v) is 20.1. The van der Waals surface area contributed by atoms with Crippen molar-refractivity contribution in [3.05, 3.63) is 51.7 Å². The molecule has 6 nitrogen and oxygen atoms in total. The molecule has 8 heteroatoms. The molecule has 0 unspecified atom stereocenters. The first kappa shape index (κ1) is 23.5. The Bertz CT molecular complexity index is 807.